The molecule has 0 unspecified atom stereocenters. The van der Waals surface area contributed by atoms with Gasteiger partial charge < -0.3 is 18.8 Å². The van der Waals surface area contributed by atoms with Crippen molar-refractivity contribution in [1.29, 1.82) is 0 Å². The van der Waals surface area contributed by atoms with E-state index in [0.29, 0.717) is 40.5 Å². The minimum atomic E-state index is -4.45. The Labute approximate surface area is 251 Å². The normalized spacial score (nSPS) is 14.9. The standard InChI is InChI=1S/C31H24F5N3O4S/c1-41-30(40)17-5-6-26-27(10-17)39(14-20-7-8-42-20)28(37-26)11-18-9-24(33)22(13-23(18)32)25-3-2-4-29(38-25)43-15-21-12-19(16-44-21)31(34,35)36/h2-6,9-10,12-13,16,20H,7-8,11,14-15H2,1H3/t20-/m0/s1. The number of rotatable bonds is 9. The first-order valence-electron chi connectivity index (χ1n) is 13.5. The molecule has 2 aromatic carbocycles. The Balaban J connectivity index is 1.25. The van der Waals surface area contributed by atoms with Gasteiger partial charge in [-0.15, -0.1) is 11.3 Å². The average molecular weight is 630 g/mol. The Morgan fingerprint density at radius 2 is 1.91 bits per heavy atom. The number of hydrogen-bond acceptors (Lipinski definition) is 7. The number of nitrogens with zero attached hydrogens (tertiary/aromatic N) is 3. The summed E-state index contributed by atoms with van der Waals surface area (Å²) in [7, 11) is 1.29. The number of thiophene rings is 1. The van der Waals surface area contributed by atoms with Crippen molar-refractivity contribution in [1.82, 2.24) is 14.5 Å². The molecule has 44 heavy (non-hydrogen) atoms. The molecular weight excluding hydrogens is 605 g/mol. The van der Waals surface area contributed by atoms with E-state index in [-0.39, 0.29) is 41.8 Å². The largest absolute Gasteiger partial charge is 0.472 e. The van der Waals surface area contributed by atoms with E-state index >= 15 is 8.78 Å². The highest BCUT2D eigenvalue weighted by Crippen LogP contribution is 2.33. The van der Waals surface area contributed by atoms with E-state index in [9.17, 15) is 18.0 Å². The molecule has 5 aromatic rings. The van der Waals surface area contributed by atoms with Crippen LogP contribution in [0, 0.1) is 11.6 Å². The molecule has 3 aromatic heterocycles. The molecule has 0 spiro atoms. The number of alkyl halides is 3. The zero-order chi connectivity index (χ0) is 31.0. The number of carbonyl (C=O) groups is 1. The van der Waals surface area contributed by atoms with E-state index in [1.807, 2.05) is 4.57 Å². The Morgan fingerprint density at radius 3 is 2.61 bits per heavy atom. The third-order valence-corrected chi connectivity index (χ3v) is 8.17. The first kappa shape index (κ1) is 29.7. The summed E-state index contributed by atoms with van der Waals surface area (Å²) in [6, 6.07) is 12.6. The Morgan fingerprint density at radius 1 is 1.09 bits per heavy atom. The van der Waals surface area contributed by atoms with E-state index in [1.54, 1.807) is 18.2 Å². The van der Waals surface area contributed by atoms with Crippen LogP contribution in [0.5, 0.6) is 5.88 Å². The van der Waals surface area contributed by atoms with Gasteiger partial charge in [0.25, 0.3) is 0 Å². The summed E-state index contributed by atoms with van der Waals surface area (Å²) < 4.78 is 87.3. The number of esters is 1. The van der Waals surface area contributed by atoms with Crippen LogP contribution in [0.25, 0.3) is 22.3 Å². The highest BCUT2D eigenvalue weighted by Gasteiger charge is 2.31. The maximum Gasteiger partial charge on any atom is 0.417 e. The summed E-state index contributed by atoms with van der Waals surface area (Å²) in [6.45, 7) is 0.897. The molecule has 1 fully saturated rings. The molecule has 7 nitrogen and oxygen atoms in total. The minimum absolute atomic E-state index is 0.0324. The van der Waals surface area contributed by atoms with E-state index in [0.717, 1.165) is 41.3 Å². The lowest BCUT2D eigenvalue weighted by Crippen LogP contribution is -2.31. The van der Waals surface area contributed by atoms with Crippen LogP contribution in [-0.2, 0) is 35.2 Å². The third-order valence-electron chi connectivity index (χ3n) is 7.26. The number of pyridine rings is 1. The average Bonchev–Trinajstić information content (AvgIpc) is 3.60. The van der Waals surface area contributed by atoms with E-state index in [4.69, 9.17) is 14.2 Å². The van der Waals surface area contributed by atoms with Crippen molar-refractivity contribution < 1.29 is 41.0 Å². The van der Waals surface area contributed by atoms with Crippen LogP contribution in [0.4, 0.5) is 22.0 Å². The van der Waals surface area contributed by atoms with Gasteiger partial charge in [-0.2, -0.15) is 13.2 Å². The SMILES string of the molecule is COC(=O)c1ccc2nc(Cc3cc(F)c(-c4cccc(OCc5cc(C(F)(F)F)cs5)n4)cc3F)n(C[C@@H]3CCO3)c2c1. The van der Waals surface area contributed by atoms with Crippen LogP contribution in [0.1, 0.15) is 38.6 Å². The van der Waals surface area contributed by atoms with Crippen molar-refractivity contribution in [2.24, 2.45) is 0 Å². The van der Waals surface area contributed by atoms with Crippen LogP contribution in [0.2, 0.25) is 0 Å². The highest BCUT2D eigenvalue weighted by molar-refractivity contribution is 7.10. The summed E-state index contributed by atoms with van der Waals surface area (Å²) in [5.41, 5.74) is 0.860. The van der Waals surface area contributed by atoms with Crippen LogP contribution < -0.4 is 4.74 Å². The van der Waals surface area contributed by atoms with Crippen molar-refractivity contribution in [3.05, 3.63) is 99.0 Å². The molecule has 0 aliphatic carbocycles. The summed E-state index contributed by atoms with van der Waals surface area (Å²) in [5.74, 6) is -1.39. The van der Waals surface area contributed by atoms with Gasteiger partial charge in [-0.3, -0.25) is 0 Å². The van der Waals surface area contributed by atoms with Gasteiger partial charge in [-0.1, -0.05) is 6.07 Å². The fourth-order valence-electron chi connectivity index (χ4n) is 4.87. The van der Waals surface area contributed by atoms with Gasteiger partial charge in [0, 0.05) is 34.9 Å². The fraction of sp³-hybridized carbons (Fsp3) is 0.258. The van der Waals surface area contributed by atoms with Crippen molar-refractivity contribution in [2.75, 3.05) is 13.7 Å². The number of carbonyl (C=O) groups excluding carboxylic acids is 1. The fourth-order valence-corrected chi connectivity index (χ4v) is 5.68. The first-order chi connectivity index (χ1) is 21.1. The van der Waals surface area contributed by atoms with Gasteiger partial charge in [0.15, 0.2) is 0 Å². The quantitative estimate of drug-likeness (QED) is 0.127. The van der Waals surface area contributed by atoms with Crippen LogP contribution in [-0.4, -0.2) is 40.3 Å². The molecule has 1 aliphatic rings. The molecule has 4 heterocycles. The molecule has 0 radical (unpaired) electrons. The Hall–Kier alpha value is -4.36. The summed E-state index contributed by atoms with van der Waals surface area (Å²) in [5, 5.41) is 0.998. The summed E-state index contributed by atoms with van der Waals surface area (Å²) in [6.07, 6.45) is -3.71. The first-order valence-corrected chi connectivity index (χ1v) is 14.4. The predicted octanol–water partition coefficient (Wildman–Crippen LogP) is 7.20. The van der Waals surface area contributed by atoms with E-state index < -0.39 is 29.3 Å². The van der Waals surface area contributed by atoms with Gasteiger partial charge in [0.2, 0.25) is 5.88 Å². The highest BCUT2D eigenvalue weighted by atomic mass is 32.1. The predicted molar refractivity (Wildman–Crippen MR) is 151 cm³/mol. The molecule has 228 valence electrons. The third kappa shape index (κ3) is 6.15. The number of methoxy groups -OCH3 is 1. The molecular formula is C31H24F5N3O4S. The topological polar surface area (TPSA) is 75.5 Å². The zero-order valence-electron chi connectivity index (χ0n) is 23.2. The number of fused-ring (bicyclic) bond motifs is 1. The van der Waals surface area contributed by atoms with Crippen molar-refractivity contribution in [3.8, 4) is 17.1 Å². The molecule has 0 saturated carbocycles. The van der Waals surface area contributed by atoms with E-state index in [1.165, 1.54) is 25.3 Å². The summed E-state index contributed by atoms with van der Waals surface area (Å²) >= 11 is 0.899. The van der Waals surface area contributed by atoms with Crippen LogP contribution in [0.15, 0.2) is 60.0 Å². The maximum absolute atomic E-state index is 15.5. The van der Waals surface area contributed by atoms with Gasteiger partial charge in [-0.25, -0.2) is 23.5 Å². The van der Waals surface area contributed by atoms with Gasteiger partial charge >= 0.3 is 12.1 Å². The van der Waals surface area contributed by atoms with Crippen LogP contribution >= 0.6 is 11.3 Å². The monoisotopic (exact) mass is 629 g/mol. The van der Waals surface area contributed by atoms with E-state index in [2.05, 4.69) is 9.97 Å². The second-order valence-corrected chi connectivity index (χ2v) is 11.2. The lowest BCUT2D eigenvalue weighted by molar-refractivity contribution is -0.137. The number of halogens is 5. The Kier molecular flexibility index (Phi) is 8.08. The van der Waals surface area contributed by atoms with Gasteiger partial charge in [0.1, 0.15) is 24.1 Å². The number of aromatic nitrogens is 3. The summed E-state index contributed by atoms with van der Waals surface area (Å²) in [4.78, 5) is 21.3. The molecule has 0 amide bonds. The van der Waals surface area contributed by atoms with Crippen molar-refractivity contribution in [2.45, 2.75) is 38.3 Å². The molecule has 0 bridgehead atoms. The number of hydrogen-bond donors (Lipinski definition) is 0. The number of benzene rings is 2. The number of ether oxygens (including phenoxy) is 3. The minimum Gasteiger partial charge on any atom is -0.472 e. The van der Waals surface area contributed by atoms with Crippen molar-refractivity contribution >= 4 is 28.3 Å². The lowest BCUT2D eigenvalue weighted by Gasteiger charge is -2.27. The van der Waals surface area contributed by atoms with Crippen molar-refractivity contribution in [3.63, 3.8) is 0 Å². The molecule has 0 N–H and O–H groups in total. The van der Waals surface area contributed by atoms with Gasteiger partial charge in [0.05, 0.1) is 47.6 Å². The molecule has 1 saturated heterocycles. The molecule has 6 rings (SSSR count). The Bertz CT molecular complexity index is 1850. The second kappa shape index (κ2) is 12.0. The maximum atomic E-state index is 15.5. The lowest BCUT2D eigenvalue weighted by atomic mass is 10.0. The van der Waals surface area contributed by atoms with Gasteiger partial charge in [-0.05, 0) is 54.4 Å². The van der Waals surface area contributed by atoms with Crippen LogP contribution in [0.3, 0.4) is 0 Å². The molecule has 1 aliphatic heterocycles. The molecule has 13 heteroatoms. The zero-order valence-corrected chi connectivity index (χ0v) is 24.0. The number of imidazole rings is 1. The smallest absolute Gasteiger partial charge is 0.417 e. The molecule has 1 atom stereocenters. The second-order valence-electron chi connectivity index (χ2n) is 10.2.